The summed E-state index contributed by atoms with van der Waals surface area (Å²) in [6.07, 6.45) is 0. The molecular formula is C20H19NO. The van der Waals surface area contributed by atoms with Crippen LogP contribution in [0, 0.1) is 0 Å². The lowest BCUT2D eigenvalue weighted by molar-refractivity contribution is 0.353. The molecule has 0 aliphatic rings. The van der Waals surface area contributed by atoms with Gasteiger partial charge < -0.3 is 9.72 Å². The quantitative estimate of drug-likeness (QED) is 0.633. The van der Waals surface area contributed by atoms with Gasteiger partial charge in [-0.05, 0) is 60.0 Å². The van der Waals surface area contributed by atoms with Crippen LogP contribution in [0.5, 0.6) is 5.75 Å². The molecule has 1 heterocycles. The number of hydrogen-bond donors (Lipinski definition) is 1. The van der Waals surface area contributed by atoms with Gasteiger partial charge in [0.1, 0.15) is 12.4 Å². The fourth-order valence-corrected chi connectivity index (χ4v) is 2.29. The summed E-state index contributed by atoms with van der Waals surface area (Å²) in [6, 6.07) is 22.6. The summed E-state index contributed by atoms with van der Waals surface area (Å²) in [4.78, 5) is 3.46. The van der Waals surface area contributed by atoms with Crippen molar-refractivity contribution < 1.29 is 4.74 Å². The van der Waals surface area contributed by atoms with Gasteiger partial charge in [0.15, 0.2) is 0 Å². The second-order valence-corrected chi connectivity index (χ2v) is 5.42. The highest BCUT2D eigenvalue weighted by molar-refractivity contribution is 5.68. The molecule has 0 saturated heterocycles. The predicted octanol–water partition coefficient (Wildman–Crippen LogP) is 5.30. The molecule has 0 aliphatic heterocycles. The third kappa shape index (κ3) is 3.29. The van der Waals surface area contributed by atoms with Crippen molar-refractivity contribution in [3.63, 3.8) is 0 Å². The zero-order valence-electron chi connectivity index (χ0n) is 12.7. The molecule has 2 aromatic carbocycles. The number of ether oxygens (including phenoxy) is 1. The van der Waals surface area contributed by atoms with Crippen molar-refractivity contribution in [1.29, 1.82) is 0 Å². The first-order valence-corrected chi connectivity index (χ1v) is 7.34. The fourth-order valence-electron chi connectivity index (χ4n) is 2.29. The highest BCUT2D eigenvalue weighted by atomic mass is 16.5. The normalized spacial score (nSPS) is 10.4. The van der Waals surface area contributed by atoms with Crippen LogP contribution in [0.25, 0.3) is 22.5 Å². The van der Waals surface area contributed by atoms with Crippen molar-refractivity contribution in [2.75, 3.05) is 6.61 Å². The van der Waals surface area contributed by atoms with Crippen molar-refractivity contribution in [1.82, 2.24) is 4.98 Å². The molecule has 0 spiro atoms. The molecule has 3 rings (SSSR count). The van der Waals surface area contributed by atoms with Crippen LogP contribution in [-0.4, -0.2) is 11.6 Å². The molecule has 0 radical (unpaired) electrons. The van der Waals surface area contributed by atoms with Gasteiger partial charge in [-0.2, -0.15) is 0 Å². The number of aromatic amines is 1. The Labute approximate surface area is 131 Å². The first-order chi connectivity index (χ1) is 10.7. The molecule has 0 amide bonds. The Hall–Kier alpha value is -2.74. The molecule has 0 bridgehead atoms. The Morgan fingerprint density at radius 1 is 0.864 bits per heavy atom. The van der Waals surface area contributed by atoms with E-state index in [4.69, 9.17) is 4.74 Å². The highest BCUT2D eigenvalue weighted by Gasteiger charge is 2.04. The van der Waals surface area contributed by atoms with Crippen LogP contribution in [0.15, 0.2) is 78.9 Å². The van der Waals surface area contributed by atoms with E-state index in [1.165, 1.54) is 5.56 Å². The lowest BCUT2D eigenvalue weighted by atomic mass is 10.1. The van der Waals surface area contributed by atoms with E-state index in [0.717, 1.165) is 28.3 Å². The van der Waals surface area contributed by atoms with Gasteiger partial charge in [0.25, 0.3) is 0 Å². The molecule has 0 unspecified atom stereocenters. The molecule has 0 aliphatic carbocycles. The lowest BCUT2D eigenvalue weighted by Gasteiger charge is -2.06. The van der Waals surface area contributed by atoms with E-state index in [9.17, 15) is 0 Å². The number of rotatable bonds is 5. The molecule has 0 fully saturated rings. The number of H-pyrrole nitrogens is 1. The average molecular weight is 289 g/mol. The van der Waals surface area contributed by atoms with Crippen LogP contribution in [0.1, 0.15) is 6.92 Å². The van der Waals surface area contributed by atoms with Gasteiger partial charge in [-0.1, -0.05) is 36.9 Å². The van der Waals surface area contributed by atoms with E-state index >= 15 is 0 Å². The van der Waals surface area contributed by atoms with Gasteiger partial charge in [-0.25, -0.2) is 0 Å². The van der Waals surface area contributed by atoms with Gasteiger partial charge in [0, 0.05) is 11.4 Å². The van der Waals surface area contributed by atoms with Crippen molar-refractivity contribution in [3.8, 4) is 28.3 Å². The Morgan fingerprint density at radius 3 is 2.05 bits per heavy atom. The molecule has 1 aromatic heterocycles. The maximum atomic E-state index is 5.62. The monoisotopic (exact) mass is 289 g/mol. The van der Waals surface area contributed by atoms with E-state index in [-0.39, 0.29) is 0 Å². The van der Waals surface area contributed by atoms with E-state index in [1.807, 2.05) is 37.3 Å². The summed E-state index contributed by atoms with van der Waals surface area (Å²) in [5.41, 5.74) is 5.57. The summed E-state index contributed by atoms with van der Waals surface area (Å²) < 4.78 is 5.62. The molecule has 0 atom stereocenters. The first-order valence-electron chi connectivity index (χ1n) is 7.34. The Bertz CT molecular complexity index is 754. The van der Waals surface area contributed by atoms with Gasteiger partial charge in [0.2, 0.25) is 0 Å². The van der Waals surface area contributed by atoms with Crippen molar-refractivity contribution >= 4 is 0 Å². The van der Waals surface area contributed by atoms with E-state index < -0.39 is 0 Å². The van der Waals surface area contributed by atoms with Crippen LogP contribution in [0.4, 0.5) is 0 Å². The SMILES string of the molecule is C=C(C)COc1ccc(-c2ccc(-c3ccccc3)[nH]2)cc1. The molecule has 3 aromatic rings. The molecule has 0 saturated carbocycles. The van der Waals surface area contributed by atoms with E-state index in [1.54, 1.807) is 0 Å². The number of hydrogen-bond acceptors (Lipinski definition) is 1. The second-order valence-electron chi connectivity index (χ2n) is 5.42. The van der Waals surface area contributed by atoms with Gasteiger partial charge >= 0.3 is 0 Å². The van der Waals surface area contributed by atoms with Crippen LogP contribution < -0.4 is 4.74 Å². The van der Waals surface area contributed by atoms with Crippen molar-refractivity contribution in [2.24, 2.45) is 0 Å². The Morgan fingerprint density at radius 2 is 1.45 bits per heavy atom. The summed E-state index contributed by atoms with van der Waals surface area (Å²) in [6.45, 7) is 6.35. The molecule has 22 heavy (non-hydrogen) atoms. The molecule has 2 heteroatoms. The minimum absolute atomic E-state index is 0.556. The van der Waals surface area contributed by atoms with Crippen LogP contribution >= 0.6 is 0 Å². The summed E-state index contributed by atoms with van der Waals surface area (Å²) in [5, 5.41) is 0. The van der Waals surface area contributed by atoms with Gasteiger partial charge in [0.05, 0.1) is 0 Å². The molecule has 1 N–H and O–H groups in total. The lowest BCUT2D eigenvalue weighted by Crippen LogP contribution is -1.97. The third-order valence-corrected chi connectivity index (χ3v) is 3.42. The van der Waals surface area contributed by atoms with Crippen LogP contribution in [0.2, 0.25) is 0 Å². The number of nitrogens with one attached hydrogen (secondary N) is 1. The van der Waals surface area contributed by atoms with E-state index in [2.05, 4.69) is 48.0 Å². The summed E-state index contributed by atoms with van der Waals surface area (Å²) in [5.74, 6) is 0.863. The standard InChI is InChI=1S/C20H19NO/c1-15(2)14-22-18-10-8-17(9-11-18)20-13-12-19(21-20)16-6-4-3-5-7-16/h3-13,21H,1,14H2,2H3. The Kier molecular flexibility index (Phi) is 4.10. The smallest absolute Gasteiger partial charge is 0.119 e. The molecule has 110 valence electrons. The van der Waals surface area contributed by atoms with Crippen LogP contribution in [-0.2, 0) is 0 Å². The van der Waals surface area contributed by atoms with Gasteiger partial charge in [-0.15, -0.1) is 0 Å². The van der Waals surface area contributed by atoms with E-state index in [0.29, 0.717) is 6.61 Å². The minimum atomic E-state index is 0.556. The minimum Gasteiger partial charge on any atom is -0.489 e. The highest BCUT2D eigenvalue weighted by Crippen LogP contribution is 2.26. The van der Waals surface area contributed by atoms with Crippen molar-refractivity contribution in [3.05, 3.63) is 78.9 Å². The zero-order valence-corrected chi connectivity index (χ0v) is 12.7. The maximum Gasteiger partial charge on any atom is 0.119 e. The third-order valence-electron chi connectivity index (χ3n) is 3.42. The average Bonchev–Trinajstić information content (AvgIpc) is 3.04. The summed E-state index contributed by atoms with van der Waals surface area (Å²) >= 11 is 0. The van der Waals surface area contributed by atoms with Gasteiger partial charge in [-0.3, -0.25) is 0 Å². The molecule has 2 nitrogen and oxygen atoms in total. The topological polar surface area (TPSA) is 25.0 Å². The predicted molar refractivity (Wildman–Crippen MR) is 92.0 cm³/mol. The largest absolute Gasteiger partial charge is 0.489 e. The molecular weight excluding hydrogens is 270 g/mol. The summed E-state index contributed by atoms with van der Waals surface area (Å²) in [7, 11) is 0. The zero-order chi connectivity index (χ0) is 15.4. The fraction of sp³-hybridized carbons (Fsp3) is 0.100. The van der Waals surface area contributed by atoms with Crippen LogP contribution in [0.3, 0.4) is 0 Å². The number of aromatic nitrogens is 1. The first kappa shape index (κ1) is 14.2. The maximum absolute atomic E-state index is 5.62. The second kappa shape index (κ2) is 6.35. The Balaban J connectivity index is 1.77. The number of benzene rings is 2. The van der Waals surface area contributed by atoms with Crippen molar-refractivity contribution in [2.45, 2.75) is 6.92 Å².